The molecule has 4 aromatic rings. The molecular formula is C31H26O9. The summed E-state index contributed by atoms with van der Waals surface area (Å²) in [5.74, 6) is -2.06. The van der Waals surface area contributed by atoms with Crippen molar-refractivity contribution in [3.8, 4) is 17.2 Å². The largest absolute Gasteiger partial charge is 0.495 e. The van der Waals surface area contributed by atoms with E-state index in [1.807, 2.05) is 31.2 Å². The quantitative estimate of drug-likeness (QED) is 0.224. The molecule has 0 saturated carbocycles. The van der Waals surface area contributed by atoms with Crippen LogP contribution in [0.1, 0.15) is 53.3 Å². The molecule has 204 valence electrons. The zero-order valence-electron chi connectivity index (χ0n) is 22.8. The zero-order chi connectivity index (χ0) is 28.9. The smallest absolute Gasteiger partial charge is 0.341 e. The molecule has 0 saturated heterocycles. The van der Waals surface area contributed by atoms with Crippen LogP contribution in [-0.4, -0.2) is 59.1 Å². The van der Waals surface area contributed by atoms with Gasteiger partial charge in [-0.1, -0.05) is 24.3 Å². The van der Waals surface area contributed by atoms with Gasteiger partial charge in [-0.3, -0.25) is 14.4 Å². The highest BCUT2D eigenvalue weighted by molar-refractivity contribution is 6.33. The van der Waals surface area contributed by atoms with Crippen molar-refractivity contribution in [2.75, 3.05) is 35.5 Å². The Hall–Kier alpha value is -4.92. The number of rotatable bonds is 6. The van der Waals surface area contributed by atoms with Gasteiger partial charge in [-0.05, 0) is 41.0 Å². The Kier molecular flexibility index (Phi) is 6.67. The first-order valence-electron chi connectivity index (χ1n) is 12.3. The van der Waals surface area contributed by atoms with Gasteiger partial charge in [0.05, 0.1) is 58.5 Å². The molecule has 40 heavy (non-hydrogen) atoms. The first kappa shape index (κ1) is 26.7. The SMILES string of the molecule is COC(=O)Cc1cc2c(c(OC)c1C(=O)OC)C(=O)c1c(cc3c(C)c4ccccc4c(OC)c3c1OC)C2=O. The summed E-state index contributed by atoms with van der Waals surface area (Å²) in [5.41, 5.74) is 0.891. The second-order valence-corrected chi connectivity index (χ2v) is 9.23. The van der Waals surface area contributed by atoms with Crippen molar-refractivity contribution >= 4 is 45.0 Å². The fourth-order valence-corrected chi connectivity index (χ4v) is 5.57. The molecule has 0 N–H and O–H groups in total. The Labute approximate surface area is 229 Å². The van der Waals surface area contributed by atoms with E-state index < -0.39 is 23.5 Å². The maximum Gasteiger partial charge on any atom is 0.341 e. The average Bonchev–Trinajstić information content (AvgIpc) is 2.98. The molecule has 0 aliphatic heterocycles. The lowest BCUT2D eigenvalue weighted by Gasteiger charge is -2.26. The van der Waals surface area contributed by atoms with Crippen LogP contribution < -0.4 is 14.2 Å². The lowest BCUT2D eigenvalue weighted by molar-refractivity contribution is -0.139. The summed E-state index contributed by atoms with van der Waals surface area (Å²) >= 11 is 0. The molecule has 9 nitrogen and oxygen atoms in total. The molecule has 0 radical (unpaired) electrons. The van der Waals surface area contributed by atoms with E-state index in [1.54, 1.807) is 6.07 Å². The number of fused-ring (bicyclic) bond motifs is 4. The van der Waals surface area contributed by atoms with Crippen LogP contribution in [0.3, 0.4) is 0 Å². The van der Waals surface area contributed by atoms with E-state index in [1.165, 1.54) is 41.6 Å². The molecule has 0 amide bonds. The van der Waals surface area contributed by atoms with Crippen LogP contribution in [0.15, 0.2) is 36.4 Å². The number of carbonyl (C=O) groups is 4. The van der Waals surface area contributed by atoms with Crippen molar-refractivity contribution < 1.29 is 42.9 Å². The van der Waals surface area contributed by atoms with Crippen LogP contribution in [-0.2, 0) is 20.7 Å². The van der Waals surface area contributed by atoms with Gasteiger partial charge in [0, 0.05) is 16.5 Å². The lowest BCUT2D eigenvalue weighted by atomic mass is 9.78. The highest BCUT2D eigenvalue weighted by Crippen LogP contribution is 2.48. The number of carbonyl (C=O) groups excluding carboxylic acids is 4. The van der Waals surface area contributed by atoms with Gasteiger partial charge in [-0.2, -0.15) is 0 Å². The number of methoxy groups -OCH3 is 5. The van der Waals surface area contributed by atoms with Gasteiger partial charge in [0.25, 0.3) is 0 Å². The molecule has 0 bridgehead atoms. The highest BCUT2D eigenvalue weighted by Gasteiger charge is 2.40. The van der Waals surface area contributed by atoms with Gasteiger partial charge in [-0.25, -0.2) is 4.79 Å². The van der Waals surface area contributed by atoms with Gasteiger partial charge in [0.2, 0.25) is 5.78 Å². The van der Waals surface area contributed by atoms with E-state index >= 15 is 0 Å². The fourth-order valence-electron chi connectivity index (χ4n) is 5.57. The summed E-state index contributed by atoms with van der Waals surface area (Å²) in [7, 11) is 6.60. The van der Waals surface area contributed by atoms with Crippen molar-refractivity contribution in [2.24, 2.45) is 0 Å². The number of aryl methyl sites for hydroxylation is 1. The van der Waals surface area contributed by atoms with E-state index in [0.29, 0.717) is 16.5 Å². The molecule has 0 aromatic heterocycles. The van der Waals surface area contributed by atoms with Crippen molar-refractivity contribution in [2.45, 2.75) is 13.3 Å². The minimum atomic E-state index is -0.834. The maximum atomic E-state index is 14.3. The van der Waals surface area contributed by atoms with Gasteiger partial charge in [-0.15, -0.1) is 0 Å². The molecule has 4 aromatic carbocycles. The zero-order valence-corrected chi connectivity index (χ0v) is 22.8. The first-order valence-corrected chi connectivity index (χ1v) is 12.3. The van der Waals surface area contributed by atoms with Crippen molar-refractivity contribution in [1.82, 2.24) is 0 Å². The number of benzene rings is 4. The molecule has 9 heteroatoms. The molecule has 0 heterocycles. The van der Waals surface area contributed by atoms with E-state index in [2.05, 4.69) is 0 Å². The number of ether oxygens (including phenoxy) is 5. The van der Waals surface area contributed by atoms with Crippen LogP contribution in [0.4, 0.5) is 0 Å². The van der Waals surface area contributed by atoms with Gasteiger partial charge in [0.15, 0.2) is 5.78 Å². The van der Waals surface area contributed by atoms with Crippen LogP contribution in [0.5, 0.6) is 17.2 Å². The van der Waals surface area contributed by atoms with Crippen molar-refractivity contribution in [3.63, 3.8) is 0 Å². The molecular weight excluding hydrogens is 516 g/mol. The normalized spacial score (nSPS) is 12.2. The van der Waals surface area contributed by atoms with E-state index in [4.69, 9.17) is 23.7 Å². The average molecular weight is 543 g/mol. The summed E-state index contributed by atoms with van der Waals surface area (Å²) in [5, 5.41) is 2.97. The summed E-state index contributed by atoms with van der Waals surface area (Å²) in [6.45, 7) is 1.93. The third-order valence-corrected chi connectivity index (χ3v) is 7.36. The van der Waals surface area contributed by atoms with Crippen LogP contribution in [0, 0.1) is 6.92 Å². The second-order valence-electron chi connectivity index (χ2n) is 9.23. The Balaban J connectivity index is 1.92. The fraction of sp³-hybridized carbons (Fsp3) is 0.226. The topological polar surface area (TPSA) is 114 Å². The Morgan fingerprint density at radius 2 is 1.30 bits per heavy atom. The van der Waals surface area contributed by atoms with Gasteiger partial charge < -0.3 is 23.7 Å². The second kappa shape index (κ2) is 10.00. The maximum absolute atomic E-state index is 14.3. The molecule has 5 rings (SSSR count). The van der Waals surface area contributed by atoms with Crippen molar-refractivity contribution in [3.05, 3.63) is 75.3 Å². The molecule has 0 spiro atoms. The molecule has 0 fully saturated rings. The minimum absolute atomic E-state index is 0.00674. The van der Waals surface area contributed by atoms with Gasteiger partial charge >= 0.3 is 11.9 Å². The number of hydrogen-bond acceptors (Lipinski definition) is 9. The monoisotopic (exact) mass is 542 g/mol. The predicted octanol–water partition coefficient (Wildman–Crippen LogP) is 4.60. The molecule has 0 unspecified atom stereocenters. The number of hydrogen-bond donors (Lipinski definition) is 0. The minimum Gasteiger partial charge on any atom is -0.495 e. The van der Waals surface area contributed by atoms with Crippen molar-refractivity contribution in [1.29, 1.82) is 0 Å². The first-order chi connectivity index (χ1) is 19.2. The Morgan fingerprint density at radius 3 is 1.90 bits per heavy atom. The van der Waals surface area contributed by atoms with Crippen LogP contribution in [0.2, 0.25) is 0 Å². The number of esters is 2. The summed E-state index contributed by atoms with van der Waals surface area (Å²) in [6.07, 6.45) is -0.345. The lowest BCUT2D eigenvalue weighted by Crippen LogP contribution is -2.25. The third kappa shape index (κ3) is 3.69. The van der Waals surface area contributed by atoms with E-state index in [0.717, 1.165) is 16.3 Å². The molecule has 1 aliphatic carbocycles. The summed E-state index contributed by atoms with van der Waals surface area (Å²) in [6, 6.07) is 10.7. The summed E-state index contributed by atoms with van der Waals surface area (Å²) in [4.78, 5) is 53.4. The van der Waals surface area contributed by atoms with Gasteiger partial charge in [0.1, 0.15) is 22.8 Å². The highest BCUT2D eigenvalue weighted by atomic mass is 16.5. The molecule has 1 aliphatic rings. The Bertz CT molecular complexity index is 1780. The predicted molar refractivity (Wildman–Crippen MR) is 146 cm³/mol. The Morgan fingerprint density at radius 1 is 0.700 bits per heavy atom. The third-order valence-electron chi connectivity index (χ3n) is 7.36. The standard InChI is InChI=1S/C31H26O9/c1-14-16-9-7-8-10-17(16)28(37-3)25-18(14)13-20-24(30(25)39-5)27(34)23-19(26(20)33)11-15(12-21(32)36-2)22(29(23)38-4)31(35)40-6/h7-11,13H,12H2,1-6H3. The summed E-state index contributed by atoms with van der Waals surface area (Å²) < 4.78 is 26.9. The van der Waals surface area contributed by atoms with Crippen LogP contribution in [0.25, 0.3) is 21.5 Å². The molecule has 0 atom stereocenters. The van der Waals surface area contributed by atoms with E-state index in [9.17, 15) is 19.2 Å². The van der Waals surface area contributed by atoms with Crippen LogP contribution >= 0.6 is 0 Å². The number of ketones is 2. The van der Waals surface area contributed by atoms with E-state index in [-0.39, 0.29) is 51.3 Å².